The summed E-state index contributed by atoms with van der Waals surface area (Å²) in [4.78, 5) is 6.45. The van der Waals surface area contributed by atoms with Gasteiger partial charge in [-0.1, -0.05) is 25.7 Å². The van der Waals surface area contributed by atoms with Crippen molar-refractivity contribution in [2.24, 2.45) is 22.4 Å². The second-order valence-electron chi connectivity index (χ2n) is 5.73. The number of amidine groups is 1. The van der Waals surface area contributed by atoms with E-state index in [4.69, 9.17) is 16.2 Å². The summed E-state index contributed by atoms with van der Waals surface area (Å²) in [6.45, 7) is 8.39. The molecule has 4 N–H and O–H groups in total. The van der Waals surface area contributed by atoms with Crippen LogP contribution >= 0.6 is 0 Å². The van der Waals surface area contributed by atoms with E-state index in [2.05, 4.69) is 35.6 Å². The van der Waals surface area contributed by atoms with Crippen molar-refractivity contribution in [2.75, 3.05) is 32.8 Å². The van der Waals surface area contributed by atoms with E-state index >= 15 is 0 Å². The summed E-state index contributed by atoms with van der Waals surface area (Å²) in [5.41, 5.74) is 12.7. The monoisotopic (exact) mass is 276 g/mol. The maximum absolute atomic E-state index is 6.49. The van der Waals surface area contributed by atoms with Crippen molar-refractivity contribution in [2.45, 2.75) is 25.8 Å². The Morgan fingerprint density at radius 1 is 1.45 bits per heavy atom. The lowest BCUT2D eigenvalue weighted by molar-refractivity contribution is 0.0443. The van der Waals surface area contributed by atoms with E-state index in [1.165, 1.54) is 0 Å². The molecule has 1 fully saturated rings. The second-order valence-corrected chi connectivity index (χ2v) is 5.73. The predicted molar refractivity (Wildman–Crippen MR) is 81.1 cm³/mol. The third-order valence-corrected chi connectivity index (χ3v) is 3.99. The molecule has 0 aromatic rings. The molecule has 0 aliphatic carbocycles. The van der Waals surface area contributed by atoms with Crippen molar-refractivity contribution in [3.8, 4) is 11.8 Å². The number of aliphatic imine (C=N–C) groups is 1. The molecule has 110 valence electrons. The van der Waals surface area contributed by atoms with Crippen molar-refractivity contribution in [1.82, 2.24) is 4.90 Å². The molecule has 2 aliphatic heterocycles. The van der Waals surface area contributed by atoms with Crippen molar-refractivity contribution in [3.63, 3.8) is 0 Å². The van der Waals surface area contributed by atoms with Crippen LogP contribution in [0.3, 0.4) is 0 Å². The predicted octanol–water partition coefficient (Wildman–Crippen LogP) is 0.320. The average molecular weight is 276 g/mol. The van der Waals surface area contributed by atoms with Crippen LogP contribution in [0.4, 0.5) is 0 Å². The van der Waals surface area contributed by atoms with Crippen LogP contribution in [0.2, 0.25) is 0 Å². The van der Waals surface area contributed by atoms with Crippen LogP contribution in [0.15, 0.2) is 16.8 Å². The topological polar surface area (TPSA) is 76.9 Å². The first kappa shape index (κ1) is 15.0. The fourth-order valence-electron chi connectivity index (χ4n) is 2.38. The lowest BCUT2D eigenvalue weighted by Crippen LogP contribution is -2.50. The minimum Gasteiger partial charge on any atom is -0.387 e. The van der Waals surface area contributed by atoms with Gasteiger partial charge >= 0.3 is 0 Å². The Morgan fingerprint density at radius 3 is 2.80 bits per heavy atom. The molecule has 1 unspecified atom stereocenters. The zero-order valence-corrected chi connectivity index (χ0v) is 12.4. The van der Waals surface area contributed by atoms with Crippen molar-refractivity contribution in [3.05, 3.63) is 11.8 Å². The van der Waals surface area contributed by atoms with Crippen molar-refractivity contribution in [1.29, 1.82) is 0 Å². The summed E-state index contributed by atoms with van der Waals surface area (Å²) in [7, 11) is 0. The summed E-state index contributed by atoms with van der Waals surface area (Å²) in [6.07, 6.45) is 2.30. The Morgan fingerprint density at radius 2 is 2.15 bits per heavy atom. The van der Waals surface area contributed by atoms with E-state index in [1.54, 1.807) is 6.20 Å². The van der Waals surface area contributed by atoms with Crippen molar-refractivity contribution < 1.29 is 4.74 Å². The molecular weight excluding hydrogens is 252 g/mol. The third kappa shape index (κ3) is 3.40. The van der Waals surface area contributed by atoms with Gasteiger partial charge in [-0.25, -0.2) is 4.99 Å². The molecule has 0 aromatic carbocycles. The number of hydrogen-bond donors (Lipinski definition) is 2. The fourth-order valence-corrected chi connectivity index (χ4v) is 2.38. The molecule has 0 radical (unpaired) electrons. The normalized spacial score (nSPS) is 27.6. The number of ether oxygens (including phenoxy) is 1. The van der Waals surface area contributed by atoms with E-state index in [0.717, 1.165) is 38.4 Å². The molecule has 0 spiro atoms. The van der Waals surface area contributed by atoms with Gasteiger partial charge in [0.2, 0.25) is 0 Å². The zero-order chi connectivity index (χ0) is 14.6. The Hall–Kier alpha value is -1.35. The minimum absolute atomic E-state index is 0.264. The quantitative estimate of drug-likeness (QED) is 0.712. The maximum atomic E-state index is 6.49. The van der Waals surface area contributed by atoms with Gasteiger partial charge in [-0.2, -0.15) is 0 Å². The highest BCUT2D eigenvalue weighted by Gasteiger charge is 2.35. The SMILES string of the molecule is CC(C)C1(N)CC(N)=NC=C1C#CCN1CCOCC1. The van der Waals surface area contributed by atoms with Gasteiger partial charge in [0.1, 0.15) is 5.84 Å². The Bertz CT molecular complexity index is 466. The largest absolute Gasteiger partial charge is 0.387 e. The number of hydrogen-bond acceptors (Lipinski definition) is 5. The first-order chi connectivity index (χ1) is 9.52. The molecule has 2 rings (SSSR count). The molecule has 0 amide bonds. The lowest BCUT2D eigenvalue weighted by Gasteiger charge is -2.35. The second kappa shape index (κ2) is 6.40. The third-order valence-electron chi connectivity index (χ3n) is 3.99. The van der Waals surface area contributed by atoms with Gasteiger partial charge in [-0.15, -0.1) is 0 Å². The van der Waals surface area contributed by atoms with Crippen LogP contribution in [0.25, 0.3) is 0 Å². The summed E-state index contributed by atoms with van der Waals surface area (Å²) in [6, 6.07) is 0. The molecule has 0 aromatic heterocycles. The highest BCUT2D eigenvalue weighted by molar-refractivity contribution is 5.84. The van der Waals surface area contributed by atoms with Crippen LogP contribution < -0.4 is 11.5 Å². The Labute approximate surface area is 121 Å². The minimum atomic E-state index is -0.496. The van der Waals surface area contributed by atoms with Gasteiger partial charge in [0.25, 0.3) is 0 Å². The number of morpholine rings is 1. The van der Waals surface area contributed by atoms with Crippen LogP contribution in [0.1, 0.15) is 20.3 Å². The van der Waals surface area contributed by atoms with Crippen LogP contribution in [0, 0.1) is 17.8 Å². The Balaban J connectivity index is 2.06. The molecule has 1 saturated heterocycles. The average Bonchev–Trinajstić information content (AvgIpc) is 2.42. The first-order valence-electron chi connectivity index (χ1n) is 7.13. The molecule has 2 aliphatic rings. The first-order valence-corrected chi connectivity index (χ1v) is 7.13. The standard InChI is InChI=1S/C15H24N4O/c1-12(2)15(17)10-14(16)18-11-13(15)4-3-5-19-6-8-20-9-7-19/h11-12H,5-10,17H2,1-2H3,(H2,16,18). The molecule has 0 saturated carbocycles. The van der Waals surface area contributed by atoms with E-state index in [-0.39, 0.29) is 5.92 Å². The zero-order valence-electron chi connectivity index (χ0n) is 12.4. The number of rotatable bonds is 2. The summed E-state index contributed by atoms with van der Waals surface area (Å²) >= 11 is 0. The number of nitrogens with two attached hydrogens (primary N) is 2. The van der Waals surface area contributed by atoms with Gasteiger partial charge in [-0.05, 0) is 5.92 Å². The highest BCUT2D eigenvalue weighted by atomic mass is 16.5. The summed E-state index contributed by atoms with van der Waals surface area (Å²) < 4.78 is 5.32. The fraction of sp³-hybridized carbons (Fsp3) is 0.667. The molecule has 5 heteroatoms. The van der Waals surface area contributed by atoms with Gasteiger partial charge in [-0.3, -0.25) is 4.90 Å². The van der Waals surface area contributed by atoms with Crippen LogP contribution in [-0.2, 0) is 4.74 Å². The maximum Gasteiger partial charge on any atom is 0.101 e. The molecule has 5 nitrogen and oxygen atoms in total. The number of nitrogens with zero attached hydrogens (tertiary/aromatic N) is 2. The van der Waals surface area contributed by atoms with Gasteiger partial charge in [0.05, 0.1) is 25.3 Å². The van der Waals surface area contributed by atoms with E-state index < -0.39 is 5.54 Å². The van der Waals surface area contributed by atoms with Gasteiger partial charge < -0.3 is 16.2 Å². The summed E-state index contributed by atoms with van der Waals surface area (Å²) in [5.74, 6) is 7.26. The lowest BCUT2D eigenvalue weighted by atomic mass is 9.77. The van der Waals surface area contributed by atoms with Crippen molar-refractivity contribution >= 4 is 5.84 Å². The smallest absolute Gasteiger partial charge is 0.101 e. The highest BCUT2D eigenvalue weighted by Crippen LogP contribution is 2.29. The molecule has 20 heavy (non-hydrogen) atoms. The van der Waals surface area contributed by atoms with Crippen LogP contribution in [-0.4, -0.2) is 49.1 Å². The Kier molecular flexibility index (Phi) is 4.81. The van der Waals surface area contributed by atoms with E-state index in [1.807, 2.05) is 0 Å². The molecule has 0 bridgehead atoms. The molecule has 2 heterocycles. The summed E-state index contributed by atoms with van der Waals surface area (Å²) in [5, 5.41) is 0. The van der Waals surface area contributed by atoms with Gasteiger partial charge in [0.15, 0.2) is 0 Å². The molecular formula is C15H24N4O. The van der Waals surface area contributed by atoms with E-state index in [0.29, 0.717) is 12.3 Å². The van der Waals surface area contributed by atoms with E-state index in [9.17, 15) is 0 Å². The molecule has 1 atom stereocenters. The van der Waals surface area contributed by atoms with Gasteiger partial charge in [0, 0.05) is 31.3 Å². The van der Waals surface area contributed by atoms with Crippen LogP contribution in [0.5, 0.6) is 0 Å².